The number of rotatable bonds is 9. The van der Waals surface area contributed by atoms with Crippen LogP contribution in [0.25, 0.3) is 0 Å². The zero-order chi connectivity index (χ0) is 12.6. The van der Waals surface area contributed by atoms with Gasteiger partial charge in [-0.2, -0.15) is 0 Å². The van der Waals surface area contributed by atoms with Gasteiger partial charge in [0.1, 0.15) is 0 Å². The van der Waals surface area contributed by atoms with Gasteiger partial charge in [-0.05, 0) is 32.9 Å². The second-order valence-corrected chi connectivity index (χ2v) is 5.24. The third kappa shape index (κ3) is 5.83. The van der Waals surface area contributed by atoms with Gasteiger partial charge in [0.15, 0.2) is 0 Å². The van der Waals surface area contributed by atoms with Crippen LogP contribution >= 0.6 is 0 Å². The molecule has 0 spiro atoms. The van der Waals surface area contributed by atoms with Crippen LogP contribution in [-0.2, 0) is 0 Å². The van der Waals surface area contributed by atoms with Crippen molar-refractivity contribution in [2.75, 3.05) is 33.8 Å². The van der Waals surface area contributed by atoms with Gasteiger partial charge in [-0.15, -0.1) is 0 Å². The molecule has 0 radical (unpaired) electrons. The molecular formula is C13H30N2O. The minimum Gasteiger partial charge on any atom is -0.394 e. The fourth-order valence-electron chi connectivity index (χ4n) is 1.93. The Morgan fingerprint density at radius 2 is 1.94 bits per heavy atom. The lowest BCUT2D eigenvalue weighted by Crippen LogP contribution is -2.51. The van der Waals surface area contributed by atoms with E-state index in [0.29, 0.717) is 5.92 Å². The maximum atomic E-state index is 9.61. The molecule has 3 heteroatoms. The fourth-order valence-corrected chi connectivity index (χ4v) is 1.93. The lowest BCUT2D eigenvalue weighted by molar-refractivity contribution is 0.128. The van der Waals surface area contributed by atoms with Crippen molar-refractivity contribution in [1.29, 1.82) is 0 Å². The number of aliphatic hydroxyl groups is 1. The Hall–Kier alpha value is -0.120. The first-order valence-electron chi connectivity index (χ1n) is 6.50. The van der Waals surface area contributed by atoms with Gasteiger partial charge < -0.3 is 15.3 Å². The zero-order valence-electron chi connectivity index (χ0n) is 11.7. The van der Waals surface area contributed by atoms with Crippen LogP contribution in [-0.4, -0.2) is 49.3 Å². The quantitative estimate of drug-likeness (QED) is 0.633. The van der Waals surface area contributed by atoms with Crippen LogP contribution in [0.15, 0.2) is 0 Å². The summed E-state index contributed by atoms with van der Waals surface area (Å²) in [6.45, 7) is 8.82. The second-order valence-electron chi connectivity index (χ2n) is 5.24. The van der Waals surface area contributed by atoms with Gasteiger partial charge in [-0.1, -0.05) is 27.2 Å². The maximum Gasteiger partial charge on any atom is 0.0613 e. The van der Waals surface area contributed by atoms with Gasteiger partial charge in [0.2, 0.25) is 0 Å². The summed E-state index contributed by atoms with van der Waals surface area (Å²) >= 11 is 0. The fraction of sp³-hybridized carbons (Fsp3) is 1.00. The van der Waals surface area contributed by atoms with E-state index in [2.05, 4.69) is 45.1 Å². The molecule has 0 aromatic rings. The molecule has 98 valence electrons. The summed E-state index contributed by atoms with van der Waals surface area (Å²) in [6, 6.07) is 0. The average molecular weight is 230 g/mol. The first-order valence-corrected chi connectivity index (χ1v) is 6.50. The normalized spacial score (nSPS) is 17.4. The van der Waals surface area contributed by atoms with Crippen molar-refractivity contribution >= 4 is 0 Å². The molecule has 2 unspecified atom stereocenters. The molecular weight excluding hydrogens is 200 g/mol. The molecule has 0 fully saturated rings. The van der Waals surface area contributed by atoms with Gasteiger partial charge in [-0.25, -0.2) is 0 Å². The lowest BCUT2D eigenvalue weighted by atomic mass is 9.85. The summed E-state index contributed by atoms with van der Waals surface area (Å²) in [5, 5.41) is 13.1. The van der Waals surface area contributed by atoms with Gasteiger partial charge in [-0.3, -0.25) is 0 Å². The van der Waals surface area contributed by atoms with E-state index in [0.717, 1.165) is 25.9 Å². The molecule has 0 aliphatic rings. The summed E-state index contributed by atoms with van der Waals surface area (Å²) in [5.41, 5.74) is -0.0779. The van der Waals surface area contributed by atoms with Crippen LogP contribution in [0, 0.1) is 5.92 Å². The predicted molar refractivity (Wildman–Crippen MR) is 70.7 cm³/mol. The number of nitrogens with zero attached hydrogens (tertiary/aromatic N) is 1. The van der Waals surface area contributed by atoms with Crippen LogP contribution in [0.1, 0.15) is 40.0 Å². The number of likely N-dealkylation sites (N-methyl/N-ethyl adjacent to an activating group) is 1. The molecule has 16 heavy (non-hydrogen) atoms. The summed E-state index contributed by atoms with van der Waals surface area (Å²) in [6.07, 6.45) is 3.22. The molecule has 0 aliphatic heterocycles. The van der Waals surface area contributed by atoms with Crippen LogP contribution in [0.3, 0.4) is 0 Å². The van der Waals surface area contributed by atoms with Crippen molar-refractivity contribution in [3.05, 3.63) is 0 Å². The summed E-state index contributed by atoms with van der Waals surface area (Å²) in [7, 11) is 4.14. The van der Waals surface area contributed by atoms with E-state index in [9.17, 15) is 5.11 Å². The number of hydrogen-bond donors (Lipinski definition) is 2. The molecule has 0 amide bonds. The number of nitrogens with one attached hydrogen (secondary N) is 1. The minimum atomic E-state index is -0.0779. The topological polar surface area (TPSA) is 35.5 Å². The summed E-state index contributed by atoms with van der Waals surface area (Å²) < 4.78 is 0. The Morgan fingerprint density at radius 1 is 1.31 bits per heavy atom. The average Bonchev–Trinajstić information content (AvgIpc) is 2.27. The summed E-state index contributed by atoms with van der Waals surface area (Å²) in [5.74, 6) is 0.666. The third-order valence-electron chi connectivity index (χ3n) is 3.47. The molecule has 0 aliphatic carbocycles. The highest BCUT2D eigenvalue weighted by atomic mass is 16.3. The van der Waals surface area contributed by atoms with E-state index in [1.165, 1.54) is 6.42 Å². The van der Waals surface area contributed by atoms with Gasteiger partial charge in [0, 0.05) is 18.6 Å². The van der Waals surface area contributed by atoms with Crippen LogP contribution in [0.5, 0.6) is 0 Å². The molecule has 2 atom stereocenters. The molecule has 0 saturated heterocycles. The SMILES string of the molecule is CCC(C)CC(CC)(CO)NCCN(C)C. The molecule has 2 N–H and O–H groups in total. The highest BCUT2D eigenvalue weighted by molar-refractivity contribution is 4.87. The van der Waals surface area contributed by atoms with Gasteiger partial charge in [0.25, 0.3) is 0 Å². The maximum absolute atomic E-state index is 9.61. The van der Waals surface area contributed by atoms with E-state index in [1.807, 2.05) is 0 Å². The summed E-state index contributed by atoms with van der Waals surface area (Å²) in [4.78, 5) is 2.16. The van der Waals surface area contributed by atoms with Crippen molar-refractivity contribution < 1.29 is 5.11 Å². The lowest BCUT2D eigenvalue weighted by Gasteiger charge is -2.35. The van der Waals surface area contributed by atoms with E-state index in [4.69, 9.17) is 0 Å². The molecule has 0 saturated carbocycles. The Balaban J connectivity index is 4.20. The number of hydrogen-bond acceptors (Lipinski definition) is 3. The molecule has 0 heterocycles. The van der Waals surface area contributed by atoms with Crippen molar-refractivity contribution in [1.82, 2.24) is 10.2 Å². The van der Waals surface area contributed by atoms with Gasteiger partial charge >= 0.3 is 0 Å². The van der Waals surface area contributed by atoms with Crippen molar-refractivity contribution in [3.8, 4) is 0 Å². The third-order valence-corrected chi connectivity index (χ3v) is 3.47. The highest BCUT2D eigenvalue weighted by Crippen LogP contribution is 2.22. The molecule has 0 aromatic heterocycles. The Labute approximate surface area is 101 Å². The minimum absolute atomic E-state index is 0.0779. The van der Waals surface area contributed by atoms with Gasteiger partial charge in [0.05, 0.1) is 6.61 Å². The standard InChI is InChI=1S/C13H30N2O/c1-6-12(3)10-13(7-2,11-16)14-8-9-15(4)5/h12,14,16H,6-11H2,1-5H3. The molecule has 3 nitrogen and oxygen atoms in total. The van der Waals surface area contributed by atoms with E-state index in [1.54, 1.807) is 0 Å². The smallest absolute Gasteiger partial charge is 0.0613 e. The monoisotopic (exact) mass is 230 g/mol. The van der Waals surface area contributed by atoms with Crippen LogP contribution in [0.2, 0.25) is 0 Å². The van der Waals surface area contributed by atoms with Crippen molar-refractivity contribution in [2.45, 2.75) is 45.6 Å². The van der Waals surface area contributed by atoms with E-state index >= 15 is 0 Å². The first kappa shape index (κ1) is 15.9. The molecule has 0 aromatic carbocycles. The molecule has 0 bridgehead atoms. The van der Waals surface area contributed by atoms with E-state index < -0.39 is 0 Å². The van der Waals surface area contributed by atoms with Crippen LogP contribution < -0.4 is 5.32 Å². The zero-order valence-corrected chi connectivity index (χ0v) is 11.7. The largest absolute Gasteiger partial charge is 0.394 e. The highest BCUT2D eigenvalue weighted by Gasteiger charge is 2.28. The van der Waals surface area contributed by atoms with E-state index in [-0.39, 0.29) is 12.1 Å². The molecule has 0 rings (SSSR count). The first-order chi connectivity index (χ1) is 7.49. The Bertz CT molecular complexity index is 167. The van der Waals surface area contributed by atoms with Crippen molar-refractivity contribution in [3.63, 3.8) is 0 Å². The Kier molecular flexibility index (Phi) is 7.98. The number of aliphatic hydroxyl groups excluding tert-OH is 1. The second kappa shape index (κ2) is 8.04. The Morgan fingerprint density at radius 3 is 2.31 bits per heavy atom. The van der Waals surface area contributed by atoms with Crippen molar-refractivity contribution in [2.24, 2.45) is 5.92 Å². The predicted octanol–water partition coefficient (Wildman–Crippen LogP) is 1.71. The van der Waals surface area contributed by atoms with Crippen LogP contribution in [0.4, 0.5) is 0 Å².